The number of aromatic nitrogens is 1. The summed E-state index contributed by atoms with van der Waals surface area (Å²) in [5.74, 6) is -1.02. The van der Waals surface area contributed by atoms with Gasteiger partial charge in [0, 0.05) is 49.8 Å². The van der Waals surface area contributed by atoms with Gasteiger partial charge in [0.2, 0.25) is 0 Å². The minimum absolute atomic E-state index is 0.0231. The number of halogens is 1. The summed E-state index contributed by atoms with van der Waals surface area (Å²) in [6.07, 6.45) is 2.11. The van der Waals surface area contributed by atoms with Gasteiger partial charge in [-0.25, -0.2) is 4.39 Å². The average molecular weight is 329 g/mol. The highest BCUT2D eigenvalue weighted by Gasteiger charge is 2.28. The lowest BCUT2D eigenvalue weighted by atomic mass is 10.1. The van der Waals surface area contributed by atoms with Crippen LogP contribution in [0.5, 0.6) is 0 Å². The van der Waals surface area contributed by atoms with Crippen LogP contribution in [-0.2, 0) is 4.79 Å². The molecule has 0 spiro atoms. The van der Waals surface area contributed by atoms with Gasteiger partial charge in [-0.05, 0) is 24.6 Å². The zero-order valence-corrected chi connectivity index (χ0v) is 13.5. The Morgan fingerprint density at radius 1 is 1.21 bits per heavy atom. The molecule has 1 amide bonds. The molecule has 6 heteroatoms. The molecule has 5 nitrogen and oxygen atoms in total. The second-order valence-electron chi connectivity index (χ2n) is 5.90. The number of pyridine rings is 1. The molecular weight excluding hydrogens is 309 g/mol. The number of aliphatic hydroxyl groups is 1. The topological polar surface area (TPSA) is 56.7 Å². The van der Waals surface area contributed by atoms with Crippen LogP contribution in [0.4, 0.5) is 10.1 Å². The molecule has 1 fully saturated rings. The minimum atomic E-state index is -1.46. The number of nitrogens with zero attached hydrogens (tertiary/aromatic N) is 3. The molecule has 1 aromatic heterocycles. The fourth-order valence-electron chi connectivity index (χ4n) is 2.99. The van der Waals surface area contributed by atoms with Crippen LogP contribution in [0.15, 0.2) is 42.7 Å². The maximum atomic E-state index is 13.8. The zero-order valence-electron chi connectivity index (χ0n) is 13.5. The lowest BCUT2D eigenvalue weighted by Gasteiger charge is -2.37. The van der Waals surface area contributed by atoms with Gasteiger partial charge in [-0.15, -0.1) is 0 Å². The van der Waals surface area contributed by atoms with Gasteiger partial charge in [-0.2, -0.15) is 0 Å². The first-order chi connectivity index (χ1) is 11.6. The Bertz CT molecular complexity index is 730. The van der Waals surface area contributed by atoms with E-state index in [0.29, 0.717) is 26.2 Å². The molecular formula is C18H20FN3O2. The van der Waals surface area contributed by atoms with E-state index >= 15 is 0 Å². The smallest absolute Gasteiger partial charge is 0.256 e. The SMILES string of the molecule is Cc1cnccc1N1CCN(C(=O)C(O)c2ccccc2F)CC1. The third-order valence-corrected chi connectivity index (χ3v) is 4.36. The van der Waals surface area contributed by atoms with Crippen molar-refractivity contribution in [2.45, 2.75) is 13.0 Å². The summed E-state index contributed by atoms with van der Waals surface area (Å²) in [5, 5.41) is 10.2. The summed E-state index contributed by atoms with van der Waals surface area (Å²) < 4.78 is 13.8. The van der Waals surface area contributed by atoms with Gasteiger partial charge in [0.15, 0.2) is 6.10 Å². The fourth-order valence-corrected chi connectivity index (χ4v) is 2.99. The Morgan fingerprint density at radius 3 is 2.58 bits per heavy atom. The van der Waals surface area contributed by atoms with E-state index in [1.54, 1.807) is 17.2 Å². The van der Waals surface area contributed by atoms with Crippen molar-refractivity contribution in [1.29, 1.82) is 0 Å². The molecule has 1 atom stereocenters. The lowest BCUT2D eigenvalue weighted by molar-refractivity contribution is -0.141. The molecule has 1 unspecified atom stereocenters. The highest BCUT2D eigenvalue weighted by molar-refractivity contribution is 5.82. The van der Waals surface area contributed by atoms with Crippen molar-refractivity contribution in [3.63, 3.8) is 0 Å². The molecule has 3 rings (SSSR count). The number of carbonyl (C=O) groups excluding carboxylic acids is 1. The van der Waals surface area contributed by atoms with Gasteiger partial charge in [0.1, 0.15) is 5.82 Å². The van der Waals surface area contributed by atoms with Gasteiger partial charge >= 0.3 is 0 Å². The summed E-state index contributed by atoms with van der Waals surface area (Å²) in [5.41, 5.74) is 2.21. The van der Waals surface area contributed by atoms with Crippen LogP contribution in [0.3, 0.4) is 0 Å². The number of carbonyl (C=O) groups is 1. The summed E-state index contributed by atoms with van der Waals surface area (Å²) in [7, 11) is 0. The quantitative estimate of drug-likeness (QED) is 0.935. The molecule has 0 radical (unpaired) electrons. The lowest BCUT2D eigenvalue weighted by Crippen LogP contribution is -2.50. The molecule has 1 aromatic carbocycles. The molecule has 24 heavy (non-hydrogen) atoms. The standard InChI is InChI=1S/C18H20FN3O2/c1-13-12-20-7-6-16(13)21-8-10-22(11-9-21)18(24)17(23)14-4-2-3-5-15(14)19/h2-7,12,17,23H,8-11H2,1H3. The van der Waals surface area contributed by atoms with Crippen LogP contribution < -0.4 is 4.90 Å². The number of hydrogen-bond acceptors (Lipinski definition) is 4. The van der Waals surface area contributed by atoms with Gasteiger partial charge in [-0.3, -0.25) is 9.78 Å². The Labute approximate surface area is 140 Å². The minimum Gasteiger partial charge on any atom is -0.378 e. The number of hydrogen-bond donors (Lipinski definition) is 1. The molecule has 1 aliphatic rings. The normalized spacial score (nSPS) is 16.1. The fraction of sp³-hybridized carbons (Fsp3) is 0.333. The molecule has 1 N–H and O–H groups in total. The number of rotatable bonds is 3. The van der Waals surface area contributed by atoms with Crippen molar-refractivity contribution in [3.8, 4) is 0 Å². The highest BCUT2D eigenvalue weighted by Crippen LogP contribution is 2.23. The van der Waals surface area contributed by atoms with E-state index in [9.17, 15) is 14.3 Å². The maximum absolute atomic E-state index is 13.8. The summed E-state index contributed by atoms with van der Waals surface area (Å²) in [6.45, 7) is 4.32. The first kappa shape index (κ1) is 16.4. The number of anilines is 1. The van der Waals surface area contributed by atoms with E-state index in [0.717, 1.165) is 11.3 Å². The van der Waals surface area contributed by atoms with Crippen molar-refractivity contribution >= 4 is 11.6 Å². The number of benzene rings is 1. The first-order valence-corrected chi connectivity index (χ1v) is 7.95. The second kappa shape index (κ2) is 6.97. The summed E-state index contributed by atoms with van der Waals surface area (Å²) in [6, 6.07) is 7.79. The third kappa shape index (κ3) is 3.23. The van der Waals surface area contributed by atoms with E-state index in [1.165, 1.54) is 18.2 Å². The van der Waals surface area contributed by atoms with Crippen LogP contribution in [0, 0.1) is 12.7 Å². The van der Waals surface area contributed by atoms with Crippen LogP contribution in [0.2, 0.25) is 0 Å². The van der Waals surface area contributed by atoms with Gasteiger partial charge in [0.05, 0.1) is 0 Å². The molecule has 2 aromatic rings. The van der Waals surface area contributed by atoms with Crippen LogP contribution in [0.25, 0.3) is 0 Å². The first-order valence-electron chi connectivity index (χ1n) is 7.95. The van der Waals surface area contributed by atoms with E-state index in [2.05, 4.69) is 9.88 Å². The second-order valence-corrected chi connectivity index (χ2v) is 5.90. The third-order valence-electron chi connectivity index (χ3n) is 4.36. The molecule has 0 aliphatic carbocycles. The summed E-state index contributed by atoms with van der Waals surface area (Å²) in [4.78, 5) is 20.3. The Hall–Kier alpha value is -2.47. The molecule has 1 aliphatic heterocycles. The number of amides is 1. The van der Waals surface area contributed by atoms with Gasteiger partial charge in [-0.1, -0.05) is 18.2 Å². The molecule has 1 saturated heterocycles. The van der Waals surface area contributed by atoms with Crippen molar-refractivity contribution in [2.24, 2.45) is 0 Å². The van der Waals surface area contributed by atoms with Crippen LogP contribution in [-0.4, -0.2) is 47.1 Å². The van der Waals surface area contributed by atoms with Crippen molar-refractivity contribution in [1.82, 2.24) is 9.88 Å². The number of aliphatic hydroxyl groups excluding tert-OH is 1. The average Bonchev–Trinajstić information content (AvgIpc) is 2.61. The van der Waals surface area contributed by atoms with Crippen molar-refractivity contribution in [3.05, 3.63) is 59.7 Å². The van der Waals surface area contributed by atoms with Crippen LogP contribution >= 0.6 is 0 Å². The molecule has 126 valence electrons. The highest BCUT2D eigenvalue weighted by atomic mass is 19.1. The monoisotopic (exact) mass is 329 g/mol. The van der Waals surface area contributed by atoms with E-state index < -0.39 is 17.8 Å². The largest absolute Gasteiger partial charge is 0.378 e. The number of aryl methyl sites for hydroxylation is 1. The van der Waals surface area contributed by atoms with E-state index in [1.807, 2.05) is 19.2 Å². The molecule has 0 bridgehead atoms. The van der Waals surface area contributed by atoms with Crippen molar-refractivity contribution in [2.75, 3.05) is 31.1 Å². The van der Waals surface area contributed by atoms with Gasteiger partial charge < -0.3 is 14.9 Å². The van der Waals surface area contributed by atoms with Crippen LogP contribution in [0.1, 0.15) is 17.2 Å². The van der Waals surface area contributed by atoms with E-state index in [4.69, 9.17) is 0 Å². The van der Waals surface area contributed by atoms with Crippen molar-refractivity contribution < 1.29 is 14.3 Å². The Morgan fingerprint density at radius 2 is 1.92 bits per heavy atom. The predicted octanol–water partition coefficient (Wildman–Crippen LogP) is 1.91. The Balaban J connectivity index is 1.65. The predicted molar refractivity (Wildman–Crippen MR) is 89.1 cm³/mol. The van der Waals surface area contributed by atoms with E-state index in [-0.39, 0.29) is 5.56 Å². The maximum Gasteiger partial charge on any atom is 0.256 e. The molecule has 2 heterocycles. The summed E-state index contributed by atoms with van der Waals surface area (Å²) >= 11 is 0. The van der Waals surface area contributed by atoms with Gasteiger partial charge in [0.25, 0.3) is 5.91 Å². The number of piperazine rings is 1. The Kier molecular flexibility index (Phi) is 4.76. The zero-order chi connectivity index (χ0) is 17.1. The molecule has 0 saturated carbocycles.